The topological polar surface area (TPSA) is 101 Å². The SMILES string of the molecule is Cc1cc(C(=O)N2CCCC(C(=O)O)C2)cc([N+](=O)[O-])c1. The molecular formula is C14H16N2O5. The number of likely N-dealkylation sites (tertiary alicyclic amines) is 1. The smallest absolute Gasteiger partial charge is 0.308 e. The van der Waals surface area contributed by atoms with E-state index in [0.29, 0.717) is 24.9 Å². The number of piperidine rings is 1. The lowest BCUT2D eigenvalue weighted by atomic mass is 9.97. The average molecular weight is 292 g/mol. The number of carbonyl (C=O) groups is 2. The maximum absolute atomic E-state index is 12.4. The predicted molar refractivity (Wildman–Crippen MR) is 74.1 cm³/mol. The maximum atomic E-state index is 12.4. The second-order valence-corrected chi connectivity index (χ2v) is 5.24. The molecule has 21 heavy (non-hydrogen) atoms. The Morgan fingerprint density at radius 2 is 2.10 bits per heavy atom. The van der Waals surface area contributed by atoms with Gasteiger partial charge in [0.25, 0.3) is 11.6 Å². The molecule has 1 heterocycles. The number of hydrogen-bond donors (Lipinski definition) is 1. The fourth-order valence-corrected chi connectivity index (χ4v) is 2.54. The van der Waals surface area contributed by atoms with Gasteiger partial charge in [-0.25, -0.2) is 0 Å². The number of aliphatic carboxylic acids is 1. The summed E-state index contributed by atoms with van der Waals surface area (Å²) in [4.78, 5) is 35.2. The Labute approximate surface area is 121 Å². The van der Waals surface area contributed by atoms with E-state index in [2.05, 4.69) is 0 Å². The number of aryl methyl sites for hydroxylation is 1. The van der Waals surface area contributed by atoms with Crippen molar-refractivity contribution in [1.82, 2.24) is 4.90 Å². The van der Waals surface area contributed by atoms with E-state index < -0.39 is 16.8 Å². The van der Waals surface area contributed by atoms with Crippen molar-refractivity contribution < 1.29 is 19.6 Å². The summed E-state index contributed by atoms with van der Waals surface area (Å²) in [7, 11) is 0. The van der Waals surface area contributed by atoms with Gasteiger partial charge in [0.2, 0.25) is 0 Å². The Morgan fingerprint density at radius 3 is 2.71 bits per heavy atom. The standard InChI is InChI=1S/C14H16N2O5/c1-9-5-11(7-12(6-9)16(20)21)13(17)15-4-2-3-10(8-15)14(18)19/h5-7,10H,2-4,8H2,1H3,(H,18,19). The minimum atomic E-state index is -0.914. The third kappa shape index (κ3) is 3.36. The number of hydrogen-bond acceptors (Lipinski definition) is 4. The number of carboxylic acids is 1. The summed E-state index contributed by atoms with van der Waals surface area (Å²) in [6.07, 6.45) is 1.17. The van der Waals surface area contributed by atoms with Crippen molar-refractivity contribution in [2.24, 2.45) is 5.92 Å². The van der Waals surface area contributed by atoms with Gasteiger partial charge in [0, 0.05) is 30.8 Å². The van der Waals surface area contributed by atoms with Crippen molar-refractivity contribution >= 4 is 17.6 Å². The van der Waals surface area contributed by atoms with Gasteiger partial charge in [-0.05, 0) is 31.4 Å². The highest BCUT2D eigenvalue weighted by molar-refractivity contribution is 5.95. The minimum absolute atomic E-state index is 0.134. The van der Waals surface area contributed by atoms with Crippen LogP contribution in [0.25, 0.3) is 0 Å². The van der Waals surface area contributed by atoms with Crippen LogP contribution in [0.5, 0.6) is 0 Å². The third-order valence-corrected chi connectivity index (χ3v) is 3.58. The number of carbonyl (C=O) groups excluding carboxylic acids is 1. The van der Waals surface area contributed by atoms with Gasteiger partial charge in [0.1, 0.15) is 0 Å². The van der Waals surface area contributed by atoms with E-state index in [4.69, 9.17) is 5.11 Å². The fourth-order valence-electron chi connectivity index (χ4n) is 2.54. The molecule has 1 saturated heterocycles. The van der Waals surface area contributed by atoms with Gasteiger partial charge in [0.15, 0.2) is 0 Å². The molecular weight excluding hydrogens is 276 g/mol. The lowest BCUT2D eigenvalue weighted by Crippen LogP contribution is -2.42. The average Bonchev–Trinajstić information content (AvgIpc) is 2.45. The van der Waals surface area contributed by atoms with Crippen LogP contribution in [0.4, 0.5) is 5.69 Å². The second kappa shape index (κ2) is 5.90. The Kier molecular flexibility index (Phi) is 4.21. The molecule has 0 aliphatic carbocycles. The normalized spacial score (nSPS) is 18.3. The van der Waals surface area contributed by atoms with Crippen LogP contribution in [0.15, 0.2) is 18.2 Å². The van der Waals surface area contributed by atoms with Gasteiger partial charge in [0.05, 0.1) is 10.8 Å². The largest absolute Gasteiger partial charge is 0.481 e. The van der Waals surface area contributed by atoms with Crippen LogP contribution in [-0.2, 0) is 4.79 Å². The highest BCUT2D eigenvalue weighted by Crippen LogP contribution is 2.22. The number of non-ortho nitro benzene ring substituents is 1. The van der Waals surface area contributed by atoms with Gasteiger partial charge in [-0.15, -0.1) is 0 Å². The minimum Gasteiger partial charge on any atom is -0.481 e. The summed E-state index contributed by atoms with van der Waals surface area (Å²) in [5, 5.41) is 19.9. The molecule has 112 valence electrons. The summed E-state index contributed by atoms with van der Waals surface area (Å²) in [5.41, 5.74) is 0.720. The molecule has 2 rings (SSSR count). The van der Waals surface area contributed by atoms with Gasteiger partial charge < -0.3 is 10.0 Å². The number of carboxylic acid groups (broad SMARTS) is 1. The molecule has 1 N–H and O–H groups in total. The lowest BCUT2D eigenvalue weighted by molar-refractivity contribution is -0.384. The summed E-state index contributed by atoms with van der Waals surface area (Å²) in [5.74, 6) is -1.84. The van der Waals surface area contributed by atoms with E-state index in [-0.39, 0.29) is 23.7 Å². The lowest BCUT2D eigenvalue weighted by Gasteiger charge is -2.30. The third-order valence-electron chi connectivity index (χ3n) is 3.58. The molecule has 1 aromatic carbocycles. The molecule has 1 atom stereocenters. The molecule has 1 fully saturated rings. The first kappa shape index (κ1) is 15.0. The van der Waals surface area contributed by atoms with E-state index in [0.717, 1.165) is 0 Å². The molecule has 1 amide bonds. The zero-order valence-corrected chi connectivity index (χ0v) is 11.6. The van der Waals surface area contributed by atoms with E-state index in [1.54, 1.807) is 13.0 Å². The van der Waals surface area contributed by atoms with E-state index in [1.165, 1.54) is 17.0 Å². The molecule has 0 aromatic heterocycles. The Bertz CT molecular complexity index is 599. The number of rotatable bonds is 3. The summed E-state index contributed by atoms with van der Waals surface area (Å²) in [6.45, 7) is 2.31. The van der Waals surface area contributed by atoms with Gasteiger partial charge in [-0.3, -0.25) is 19.7 Å². The number of amides is 1. The Hall–Kier alpha value is -2.44. The van der Waals surface area contributed by atoms with Crippen molar-refractivity contribution in [2.75, 3.05) is 13.1 Å². The van der Waals surface area contributed by atoms with Gasteiger partial charge >= 0.3 is 5.97 Å². The van der Waals surface area contributed by atoms with Crippen LogP contribution in [0.2, 0.25) is 0 Å². The first-order chi connectivity index (χ1) is 9.88. The second-order valence-electron chi connectivity index (χ2n) is 5.24. The summed E-state index contributed by atoms with van der Waals surface area (Å²) < 4.78 is 0. The maximum Gasteiger partial charge on any atom is 0.308 e. The van der Waals surface area contributed by atoms with E-state index in [9.17, 15) is 19.7 Å². The monoisotopic (exact) mass is 292 g/mol. The molecule has 1 unspecified atom stereocenters. The highest BCUT2D eigenvalue weighted by atomic mass is 16.6. The van der Waals surface area contributed by atoms with Crippen molar-refractivity contribution in [3.05, 3.63) is 39.4 Å². The first-order valence-corrected chi connectivity index (χ1v) is 6.66. The van der Waals surface area contributed by atoms with Crippen LogP contribution < -0.4 is 0 Å². The van der Waals surface area contributed by atoms with Crippen molar-refractivity contribution in [3.8, 4) is 0 Å². The first-order valence-electron chi connectivity index (χ1n) is 6.66. The molecule has 0 spiro atoms. The Balaban J connectivity index is 2.23. The zero-order valence-electron chi connectivity index (χ0n) is 11.6. The molecule has 1 aliphatic rings. The van der Waals surface area contributed by atoms with Crippen LogP contribution >= 0.6 is 0 Å². The molecule has 0 saturated carbocycles. The molecule has 1 aromatic rings. The van der Waals surface area contributed by atoms with Crippen LogP contribution in [0.3, 0.4) is 0 Å². The highest BCUT2D eigenvalue weighted by Gasteiger charge is 2.29. The van der Waals surface area contributed by atoms with Crippen molar-refractivity contribution in [1.29, 1.82) is 0 Å². The Morgan fingerprint density at radius 1 is 1.38 bits per heavy atom. The molecule has 0 radical (unpaired) electrons. The zero-order chi connectivity index (χ0) is 15.6. The van der Waals surface area contributed by atoms with Gasteiger partial charge in [-0.2, -0.15) is 0 Å². The number of nitro groups is 1. The van der Waals surface area contributed by atoms with Crippen molar-refractivity contribution in [2.45, 2.75) is 19.8 Å². The predicted octanol–water partition coefficient (Wildman–Crippen LogP) is 1.84. The van der Waals surface area contributed by atoms with E-state index in [1.807, 2.05) is 0 Å². The number of benzene rings is 1. The quantitative estimate of drug-likeness (QED) is 0.676. The molecule has 7 nitrogen and oxygen atoms in total. The number of nitrogens with zero attached hydrogens (tertiary/aromatic N) is 2. The molecule has 1 aliphatic heterocycles. The van der Waals surface area contributed by atoms with Crippen LogP contribution in [0.1, 0.15) is 28.8 Å². The van der Waals surface area contributed by atoms with Gasteiger partial charge in [-0.1, -0.05) is 0 Å². The van der Waals surface area contributed by atoms with E-state index >= 15 is 0 Å². The summed E-state index contributed by atoms with van der Waals surface area (Å²) in [6, 6.07) is 4.21. The number of nitro benzene ring substituents is 1. The molecule has 0 bridgehead atoms. The summed E-state index contributed by atoms with van der Waals surface area (Å²) >= 11 is 0. The van der Waals surface area contributed by atoms with Crippen molar-refractivity contribution in [3.63, 3.8) is 0 Å². The fraction of sp³-hybridized carbons (Fsp3) is 0.429. The van der Waals surface area contributed by atoms with Crippen LogP contribution in [0, 0.1) is 23.0 Å². The van der Waals surface area contributed by atoms with Crippen LogP contribution in [-0.4, -0.2) is 39.9 Å². The molecule has 7 heteroatoms.